The number of nitrogens with one attached hydrogen (secondary N) is 1. The van der Waals surface area contributed by atoms with Crippen molar-refractivity contribution in [3.63, 3.8) is 0 Å². The van der Waals surface area contributed by atoms with Crippen molar-refractivity contribution in [2.75, 3.05) is 7.11 Å². The third-order valence-electron chi connectivity index (χ3n) is 2.05. The molecule has 0 aliphatic heterocycles. The first-order valence-electron chi connectivity index (χ1n) is 4.89. The molecule has 0 atom stereocenters. The SMILES string of the molecule is COc1ccsc1CNCc1nnc(C)s1. The molecule has 6 heteroatoms. The second-order valence-electron chi connectivity index (χ2n) is 3.23. The zero-order chi connectivity index (χ0) is 11.4. The van der Waals surface area contributed by atoms with Gasteiger partial charge in [-0.15, -0.1) is 32.9 Å². The van der Waals surface area contributed by atoms with E-state index >= 15 is 0 Å². The summed E-state index contributed by atoms with van der Waals surface area (Å²) in [6, 6.07) is 1.98. The third-order valence-corrected chi connectivity index (χ3v) is 3.79. The Labute approximate surface area is 102 Å². The standard InChI is InChI=1S/C10H13N3OS2/c1-7-12-13-10(16-7)6-11-5-9-8(14-2)3-4-15-9/h3-4,11H,5-6H2,1-2H3. The Morgan fingerprint density at radius 3 is 2.94 bits per heavy atom. The summed E-state index contributed by atoms with van der Waals surface area (Å²) < 4.78 is 5.24. The van der Waals surface area contributed by atoms with Gasteiger partial charge in [0.1, 0.15) is 15.8 Å². The van der Waals surface area contributed by atoms with Crippen molar-refractivity contribution in [2.24, 2.45) is 0 Å². The van der Waals surface area contributed by atoms with E-state index in [-0.39, 0.29) is 0 Å². The van der Waals surface area contributed by atoms with Crippen molar-refractivity contribution >= 4 is 22.7 Å². The van der Waals surface area contributed by atoms with Crippen LogP contribution in [0.15, 0.2) is 11.4 Å². The fourth-order valence-electron chi connectivity index (χ4n) is 1.33. The monoisotopic (exact) mass is 255 g/mol. The number of hydrogen-bond acceptors (Lipinski definition) is 6. The Hall–Kier alpha value is -0.980. The molecule has 0 fully saturated rings. The molecule has 2 heterocycles. The molecule has 86 valence electrons. The van der Waals surface area contributed by atoms with Crippen LogP contribution in [0.1, 0.15) is 14.9 Å². The third kappa shape index (κ3) is 2.78. The van der Waals surface area contributed by atoms with Gasteiger partial charge in [-0.3, -0.25) is 0 Å². The molecule has 0 radical (unpaired) electrons. The van der Waals surface area contributed by atoms with Gasteiger partial charge in [0.25, 0.3) is 0 Å². The second-order valence-corrected chi connectivity index (χ2v) is 5.50. The summed E-state index contributed by atoms with van der Waals surface area (Å²) in [5.41, 5.74) is 0. The first-order chi connectivity index (χ1) is 7.79. The highest BCUT2D eigenvalue weighted by Crippen LogP contribution is 2.24. The van der Waals surface area contributed by atoms with Gasteiger partial charge in [-0.05, 0) is 18.4 Å². The first kappa shape index (κ1) is 11.5. The Balaban J connectivity index is 1.84. The minimum Gasteiger partial charge on any atom is -0.496 e. The smallest absolute Gasteiger partial charge is 0.134 e. The Kier molecular flexibility index (Phi) is 3.87. The van der Waals surface area contributed by atoms with Crippen molar-refractivity contribution in [1.29, 1.82) is 0 Å². The summed E-state index contributed by atoms with van der Waals surface area (Å²) in [5.74, 6) is 0.950. The van der Waals surface area contributed by atoms with E-state index in [1.54, 1.807) is 29.8 Å². The number of aryl methyl sites for hydroxylation is 1. The Bertz CT molecular complexity index is 452. The van der Waals surface area contributed by atoms with Gasteiger partial charge < -0.3 is 10.1 Å². The number of hydrogen-bond donors (Lipinski definition) is 1. The predicted molar refractivity (Wildman–Crippen MR) is 66.1 cm³/mol. The second kappa shape index (κ2) is 5.38. The van der Waals surface area contributed by atoms with Crippen LogP contribution >= 0.6 is 22.7 Å². The predicted octanol–water partition coefficient (Wildman–Crippen LogP) is 2.21. The van der Waals surface area contributed by atoms with Crippen LogP contribution in [0.25, 0.3) is 0 Å². The molecule has 0 saturated carbocycles. The highest BCUT2D eigenvalue weighted by atomic mass is 32.1. The quantitative estimate of drug-likeness (QED) is 0.890. The lowest BCUT2D eigenvalue weighted by Crippen LogP contribution is -2.12. The molecule has 1 N–H and O–H groups in total. The zero-order valence-corrected chi connectivity index (χ0v) is 10.8. The average Bonchev–Trinajstić information content (AvgIpc) is 2.87. The molecular weight excluding hydrogens is 242 g/mol. The van der Waals surface area contributed by atoms with E-state index in [1.165, 1.54) is 4.88 Å². The highest BCUT2D eigenvalue weighted by Gasteiger charge is 2.04. The molecule has 0 saturated heterocycles. The molecule has 0 bridgehead atoms. The van der Waals surface area contributed by atoms with Crippen LogP contribution in [-0.4, -0.2) is 17.3 Å². The highest BCUT2D eigenvalue weighted by molar-refractivity contribution is 7.11. The number of methoxy groups -OCH3 is 1. The topological polar surface area (TPSA) is 47.0 Å². The summed E-state index contributed by atoms with van der Waals surface area (Å²) in [4.78, 5) is 1.21. The van der Waals surface area contributed by atoms with Gasteiger partial charge in [0.15, 0.2) is 0 Å². The lowest BCUT2D eigenvalue weighted by molar-refractivity contribution is 0.410. The molecule has 2 aromatic heterocycles. The van der Waals surface area contributed by atoms with E-state index in [9.17, 15) is 0 Å². The van der Waals surface area contributed by atoms with Crippen LogP contribution < -0.4 is 10.1 Å². The maximum absolute atomic E-state index is 5.24. The zero-order valence-electron chi connectivity index (χ0n) is 9.19. The van der Waals surface area contributed by atoms with Crippen molar-refractivity contribution < 1.29 is 4.74 Å². The van der Waals surface area contributed by atoms with Crippen molar-refractivity contribution in [3.05, 3.63) is 26.3 Å². The van der Waals surface area contributed by atoms with Crippen LogP contribution in [0.4, 0.5) is 0 Å². The van der Waals surface area contributed by atoms with Gasteiger partial charge in [0.05, 0.1) is 18.5 Å². The fraction of sp³-hybridized carbons (Fsp3) is 0.400. The van der Waals surface area contributed by atoms with E-state index in [0.717, 1.165) is 28.9 Å². The maximum atomic E-state index is 5.24. The van der Waals surface area contributed by atoms with Gasteiger partial charge in [-0.25, -0.2) is 0 Å². The lowest BCUT2D eigenvalue weighted by atomic mass is 10.4. The number of nitrogens with zero attached hydrogens (tertiary/aromatic N) is 2. The molecule has 0 aromatic carbocycles. The Morgan fingerprint density at radius 1 is 1.38 bits per heavy atom. The van der Waals surface area contributed by atoms with Crippen molar-refractivity contribution in [3.8, 4) is 5.75 Å². The van der Waals surface area contributed by atoms with E-state index < -0.39 is 0 Å². The fourth-order valence-corrected chi connectivity index (χ4v) is 2.82. The summed E-state index contributed by atoms with van der Waals surface area (Å²) in [6.07, 6.45) is 0. The van der Waals surface area contributed by atoms with E-state index in [0.29, 0.717) is 0 Å². The van der Waals surface area contributed by atoms with E-state index in [2.05, 4.69) is 15.5 Å². The molecule has 2 aromatic rings. The van der Waals surface area contributed by atoms with Gasteiger partial charge in [0, 0.05) is 6.54 Å². The van der Waals surface area contributed by atoms with Crippen LogP contribution in [0, 0.1) is 6.92 Å². The molecule has 4 nitrogen and oxygen atoms in total. The number of aromatic nitrogens is 2. The number of ether oxygens (including phenoxy) is 1. The molecule has 0 unspecified atom stereocenters. The summed E-state index contributed by atoms with van der Waals surface area (Å²) in [5, 5.41) is 15.4. The summed E-state index contributed by atoms with van der Waals surface area (Å²) in [6.45, 7) is 3.52. The maximum Gasteiger partial charge on any atom is 0.134 e. The molecule has 2 rings (SSSR count). The molecule has 0 aliphatic rings. The van der Waals surface area contributed by atoms with Gasteiger partial charge in [0.2, 0.25) is 0 Å². The molecular formula is C10H13N3OS2. The van der Waals surface area contributed by atoms with Crippen LogP contribution in [0.5, 0.6) is 5.75 Å². The normalized spacial score (nSPS) is 10.6. The minimum absolute atomic E-state index is 0.757. The first-order valence-corrected chi connectivity index (χ1v) is 6.59. The van der Waals surface area contributed by atoms with Crippen LogP contribution in [0.3, 0.4) is 0 Å². The number of rotatable bonds is 5. The van der Waals surface area contributed by atoms with Gasteiger partial charge in [-0.2, -0.15) is 0 Å². The van der Waals surface area contributed by atoms with E-state index in [4.69, 9.17) is 4.74 Å². The summed E-state index contributed by atoms with van der Waals surface area (Å²) >= 11 is 3.32. The lowest BCUT2D eigenvalue weighted by Gasteiger charge is -2.02. The van der Waals surface area contributed by atoms with Crippen LogP contribution in [-0.2, 0) is 13.1 Å². The van der Waals surface area contributed by atoms with Crippen LogP contribution in [0.2, 0.25) is 0 Å². The minimum atomic E-state index is 0.757. The molecule has 16 heavy (non-hydrogen) atoms. The Morgan fingerprint density at radius 2 is 2.25 bits per heavy atom. The average molecular weight is 255 g/mol. The molecule has 0 aliphatic carbocycles. The van der Waals surface area contributed by atoms with Crippen molar-refractivity contribution in [1.82, 2.24) is 15.5 Å². The molecule has 0 spiro atoms. The largest absolute Gasteiger partial charge is 0.496 e. The molecule has 0 amide bonds. The summed E-state index contributed by atoms with van der Waals surface area (Å²) in [7, 11) is 1.69. The van der Waals surface area contributed by atoms with Gasteiger partial charge >= 0.3 is 0 Å². The van der Waals surface area contributed by atoms with Gasteiger partial charge in [-0.1, -0.05) is 0 Å². The number of thiophene rings is 1. The van der Waals surface area contributed by atoms with Crippen molar-refractivity contribution in [2.45, 2.75) is 20.0 Å². The van der Waals surface area contributed by atoms with E-state index in [1.807, 2.05) is 18.4 Å².